The fraction of sp³-hybridized carbons (Fsp3) is 0.588. The Kier molecular flexibility index (Phi) is 4.44. The van der Waals surface area contributed by atoms with E-state index in [2.05, 4.69) is 16.7 Å². The molecule has 0 N–H and O–H groups in total. The highest BCUT2D eigenvalue weighted by molar-refractivity contribution is 5.92. The molecule has 21 heavy (non-hydrogen) atoms. The normalized spacial score (nSPS) is 21.0. The molecule has 1 amide bonds. The molecule has 1 saturated carbocycles. The summed E-state index contributed by atoms with van der Waals surface area (Å²) in [5.41, 5.74) is 0. The minimum Gasteiger partial charge on any atom is -0.465 e. The van der Waals surface area contributed by atoms with E-state index in [9.17, 15) is 4.79 Å². The van der Waals surface area contributed by atoms with E-state index >= 15 is 0 Å². The summed E-state index contributed by atoms with van der Waals surface area (Å²) < 4.78 is 5.25. The summed E-state index contributed by atoms with van der Waals surface area (Å²) in [7, 11) is 0. The molecule has 2 heterocycles. The Labute approximate surface area is 126 Å². The molecule has 114 valence electrons. The molecule has 0 atom stereocenters. The van der Waals surface area contributed by atoms with Crippen LogP contribution in [-0.4, -0.2) is 47.4 Å². The van der Waals surface area contributed by atoms with E-state index in [0.717, 1.165) is 51.1 Å². The van der Waals surface area contributed by atoms with Gasteiger partial charge in [0.05, 0.1) is 6.26 Å². The van der Waals surface area contributed by atoms with Crippen LogP contribution in [0.4, 0.5) is 0 Å². The number of carbonyl (C=O) groups is 1. The quantitative estimate of drug-likeness (QED) is 0.782. The third-order valence-corrected chi connectivity index (χ3v) is 4.53. The lowest BCUT2D eigenvalue weighted by Crippen LogP contribution is -2.47. The van der Waals surface area contributed by atoms with Gasteiger partial charge in [-0.25, -0.2) is 0 Å². The molecule has 4 nitrogen and oxygen atoms in total. The van der Waals surface area contributed by atoms with E-state index in [1.54, 1.807) is 18.4 Å². The first-order valence-electron chi connectivity index (χ1n) is 8.04. The van der Waals surface area contributed by atoms with Crippen molar-refractivity contribution < 1.29 is 9.21 Å². The van der Waals surface area contributed by atoms with Gasteiger partial charge < -0.3 is 14.2 Å². The maximum atomic E-state index is 12.6. The smallest absolute Gasteiger partial charge is 0.247 e. The average Bonchev–Trinajstić information content (AvgIpc) is 3.20. The van der Waals surface area contributed by atoms with E-state index < -0.39 is 0 Å². The molecular weight excluding hydrogens is 264 g/mol. The van der Waals surface area contributed by atoms with Crippen molar-refractivity contribution in [2.75, 3.05) is 19.6 Å². The summed E-state index contributed by atoms with van der Waals surface area (Å²) >= 11 is 0. The Hall–Kier alpha value is -1.55. The summed E-state index contributed by atoms with van der Waals surface area (Å²) in [5, 5.41) is 0. The van der Waals surface area contributed by atoms with Gasteiger partial charge in [-0.1, -0.05) is 6.92 Å². The third-order valence-electron chi connectivity index (χ3n) is 4.53. The van der Waals surface area contributed by atoms with Gasteiger partial charge in [0, 0.05) is 31.2 Å². The summed E-state index contributed by atoms with van der Waals surface area (Å²) in [6, 6.07) is 4.58. The molecule has 1 aliphatic heterocycles. The van der Waals surface area contributed by atoms with Gasteiger partial charge in [-0.2, -0.15) is 0 Å². The molecule has 1 aliphatic carbocycles. The van der Waals surface area contributed by atoms with Crippen molar-refractivity contribution in [2.45, 2.75) is 44.7 Å². The highest BCUT2D eigenvalue weighted by Gasteiger charge is 2.37. The van der Waals surface area contributed by atoms with Crippen molar-refractivity contribution in [1.29, 1.82) is 0 Å². The van der Waals surface area contributed by atoms with Crippen LogP contribution in [-0.2, 0) is 4.79 Å². The van der Waals surface area contributed by atoms with Crippen molar-refractivity contribution in [2.24, 2.45) is 0 Å². The maximum absolute atomic E-state index is 12.6. The Morgan fingerprint density at radius 2 is 2.05 bits per heavy atom. The topological polar surface area (TPSA) is 36.7 Å². The Morgan fingerprint density at radius 1 is 1.33 bits per heavy atom. The molecule has 0 bridgehead atoms. The molecule has 1 aromatic rings. The Bertz CT molecular complexity index is 483. The number of piperidine rings is 1. The van der Waals surface area contributed by atoms with Gasteiger partial charge in [-0.15, -0.1) is 0 Å². The maximum Gasteiger partial charge on any atom is 0.247 e. The lowest BCUT2D eigenvalue weighted by molar-refractivity contribution is -0.129. The third kappa shape index (κ3) is 3.56. The van der Waals surface area contributed by atoms with Crippen LogP contribution < -0.4 is 0 Å². The lowest BCUT2D eigenvalue weighted by Gasteiger charge is -2.38. The van der Waals surface area contributed by atoms with E-state index in [-0.39, 0.29) is 5.91 Å². The van der Waals surface area contributed by atoms with Gasteiger partial charge in [-0.05, 0) is 50.4 Å². The zero-order valence-corrected chi connectivity index (χ0v) is 12.7. The van der Waals surface area contributed by atoms with Crippen LogP contribution in [0.1, 0.15) is 38.4 Å². The number of hydrogen-bond acceptors (Lipinski definition) is 3. The SMILES string of the molecule is CCN1CCC(N(C(=O)C=Cc2ccco2)C2CC2)CC1. The van der Waals surface area contributed by atoms with Gasteiger partial charge in [0.1, 0.15) is 5.76 Å². The molecular formula is C17H24N2O2. The number of likely N-dealkylation sites (tertiary alicyclic amines) is 1. The number of hydrogen-bond donors (Lipinski definition) is 0. The molecule has 0 aromatic carbocycles. The zero-order chi connectivity index (χ0) is 14.7. The van der Waals surface area contributed by atoms with E-state index in [4.69, 9.17) is 4.42 Å². The summed E-state index contributed by atoms with van der Waals surface area (Å²) in [6.45, 7) is 5.54. The molecule has 2 aliphatic rings. The minimum atomic E-state index is 0.142. The summed E-state index contributed by atoms with van der Waals surface area (Å²) in [6.07, 6.45) is 9.60. The molecule has 1 saturated heterocycles. The van der Waals surface area contributed by atoms with Gasteiger partial charge >= 0.3 is 0 Å². The number of amides is 1. The second-order valence-electron chi connectivity index (χ2n) is 5.99. The minimum absolute atomic E-state index is 0.142. The number of nitrogens with zero attached hydrogens (tertiary/aromatic N) is 2. The molecule has 3 rings (SSSR count). The molecule has 4 heteroatoms. The summed E-state index contributed by atoms with van der Waals surface area (Å²) in [5.74, 6) is 0.878. The van der Waals surface area contributed by atoms with Crippen molar-refractivity contribution in [1.82, 2.24) is 9.80 Å². The molecule has 1 aromatic heterocycles. The first-order chi connectivity index (χ1) is 10.3. The largest absolute Gasteiger partial charge is 0.465 e. The van der Waals surface area contributed by atoms with Crippen LogP contribution in [0, 0.1) is 0 Å². The van der Waals surface area contributed by atoms with Gasteiger partial charge in [-0.3, -0.25) is 4.79 Å². The van der Waals surface area contributed by atoms with Crippen molar-refractivity contribution >= 4 is 12.0 Å². The van der Waals surface area contributed by atoms with Crippen LogP contribution in [0.3, 0.4) is 0 Å². The standard InChI is InChI=1S/C17H24N2O2/c1-2-18-11-9-15(10-12-18)19(14-5-6-14)17(20)8-7-16-4-3-13-21-16/h3-4,7-8,13-15H,2,5-6,9-12H2,1H3. The van der Waals surface area contributed by atoms with E-state index in [0.29, 0.717) is 12.1 Å². The first-order valence-corrected chi connectivity index (χ1v) is 8.04. The van der Waals surface area contributed by atoms with Gasteiger partial charge in [0.15, 0.2) is 0 Å². The predicted molar refractivity (Wildman–Crippen MR) is 82.7 cm³/mol. The first kappa shape index (κ1) is 14.4. The van der Waals surface area contributed by atoms with Crippen molar-refractivity contribution in [3.05, 3.63) is 30.2 Å². The Morgan fingerprint density at radius 3 is 2.62 bits per heavy atom. The van der Waals surface area contributed by atoms with Crippen LogP contribution in [0.5, 0.6) is 0 Å². The second kappa shape index (κ2) is 6.48. The molecule has 0 unspecified atom stereocenters. The monoisotopic (exact) mass is 288 g/mol. The van der Waals surface area contributed by atoms with Crippen LogP contribution in [0.2, 0.25) is 0 Å². The average molecular weight is 288 g/mol. The zero-order valence-electron chi connectivity index (χ0n) is 12.7. The number of rotatable bonds is 5. The highest BCUT2D eigenvalue weighted by Crippen LogP contribution is 2.32. The fourth-order valence-corrected chi connectivity index (χ4v) is 3.15. The fourth-order valence-electron chi connectivity index (χ4n) is 3.15. The van der Waals surface area contributed by atoms with E-state index in [1.165, 1.54) is 0 Å². The molecule has 0 spiro atoms. The van der Waals surface area contributed by atoms with Crippen molar-refractivity contribution in [3.63, 3.8) is 0 Å². The molecule has 0 radical (unpaired) electrons. The second-order valence-corrected chi connectivity index (χ2v) is 5.99. The van der Waals surface area contributed by atoms with E-state index in [1.807, 2.05) is 12.1 Å². The number of carbonyl (C=O) groups excluding carboxylic acids is 1. The highest BCUT2D eigenvalue weighted by atomic mass is 16.3. The van der Waals surface area contributed by atoms with Crippen LogP contribution >= 0.6 is 0 Å². The van der Waals surface area contributed by atoms with Gasteiger partial charge in [0.2, 0.25) is 5.91 Å². The number of furan rings is 1. The van der Waals surface area contributed by atoms with Crippen LogP contribution in [0.25, 0.3) is 6.08 Å². The van der Waals surface area contributed by atoms with Gasteiger partial charge in [0.25, 0.3) is 0 Å². The molecule has 2 fully saturated rings. The van der Waals surface area contributed by atoms with Crippen molar-refractivity contribution in [3.8, 4) is 0 Å². The Balaban J connectivity index is 1.63. The lowest BCUT2D eigenvalue weighted by atomic mass is 10.0. The van der Waals surface area contributed by atoms with Crippen LogP contribution in [0.15, 0.2) is 28.9 Å². The predicted octanol–water partition coefficient (Wildman–Crippen LogP) is 2.77. The summed E-state index contributed by atoms with van der Waals surface area (Å²) in [4.78, 5) is 17.1.